The summed E-state index contributed by atoms with van der Waals surface area (Å²) in [4.78, 5) is 27.3. The Morgan fingerprint density at radius 1 is 1.33 bits per heavy atom. The molecule has 21 heavy (non-hydrogen) atoms. The maximum atomic E-state index is 11.6. The Morgan fingerprint density at radius 2 is 2.05 bits per heavy atom. The summed E-state index contributed by atoms with van der Waals surface area (Å²) in [6.07, 6.45) is 1.16. The highest BCUT2D eigenvalue weighted by Crippen LogP contribution is 1.98. The first-order valence-corrected chi connectivity index (χ1v) is 7.05. The van der Waals surface area contributed by atoms with Gasteiger partial charge < -0.3 is 20.9 Å². The van der Waals surface area contributed by atoms with Crippen molar-refractivity contribution >= 4 is 11.8 Å². The molecule has 0 saturated carbocycles. The van der Waals surface area contributed by atoms with Crippen molar-refractivity contribution in [3.05, 3.63) is 11.7 Å². The molecular weight excluding hydrogens is 274 g/mol. The lowest BCUT2D eigenvalue weighted by Crippen LogP contribution is -2.47. The number of hydrogen-bond acceptors (Lipinski definition) is 6. The van der Waals surface area contributed by atoms with E-state index in [-0.39, 0.29) is 24.3 Å². The van der Waals surface area contributed by atoms with E-state index in [1.807, 2.05) is 20.8 Å². The fourth-order valence-electron chi connectivity index (χ4n) is 1.50. The molecule has 1 heterocycles. The molecule has 0 unspecified atom stereocenters. The van der Waals surface area contributed by atoms with Crippen LogP contribution in [0, 0.1) is 5.92 Å². The molecule has 1 aromatic rings. The van der Waals surface area contributed by atoms with Gasteiger partial charge >= 0.3 is 0 Å². The number of nitrogens with zero attached hydrogens (tertiary/aromatic N) is 2. The van der Waals surface area contributed by atoms with Gasteiger partial charge in [-0.25, -0.2) is 0 Å². The Hall–Kier alpha value is -1.96. The topological polar surface area (TPSA) is 123 Å². The van der Waals surface area contributed by atoms with Crippen LogP contribution in [0.3, 0.4) is 0 Å². The molecule has 8 nitrogen and oxygen atoms in total. The predicted octanol–water partition coefficient (Wildman–Crippen LogP) is -0.610. The number of nitrogens with two attached hydrogens (primary N) is 1. The van der Waals surface area contributed by atoms with Crippen LogP contribution in [-0.4, -0.2) is 41.1 Å². The van der Waals surface area contributed by atoms with Gasteiger partial charge in [0, 0.05) is 19.4 Å². The van der Waals surface area contributed by atoms with Gasteiger partial charge in [-0.1, -0.05) is 25.9 Å². The third-order valence-electron chi connectivity index (χ3n) is 2.93. The lowest BCUT2D eigenvalue weighted by molar-refractivity contribution is -0.127. The Morgan fingerprint density at radius 3 is 2.62 bits per heavy atom. The number of carbonyl (C=O) groups excluding carboxylic acids is 2. The zero-order valence-corrected chi connectivity index (χ0v) is 12.7. The van der Waals surface area contributed by atoms with E-state index >= 15 is 0 Å². The molecule has 0 spiro atoms. The number of nitrogens with one attached hydrogen (secondary N) is 2. The van der Waals surface area contributed by atoms with Crippen LogP contribution < -0.4 is 16.4 Å². The number of amides is 2. The first-order chi connectivity index (χ1) is 9.93. The monoisotopic (exact) mass is 297 g/mol. The lowest BCUT2D eigenvalue weighted by atomic mass is 10.1. The van der Waals surface area contributed by atoms with Gasteiger partial charge in [0.15, 0.2) is 5.82 Å². The molecule has 1 rings (SSSR count). The molecule has 2 amide bonds. The fourth-order valence-corrected chi connectivity index (χ4v) is 1.50. The third kappa shape index (κ3) is 5.90. The van der Waals surface area contributed by atoms with Crippen LogP contribution in [0.5, 0.6) is 0 Å². The van der Waals surface area contributed by atoms with Crippen LogP contribution in [0.4, 0.5) is 0 Å². The van der Waals surface area contributed by atoms with E-state index in [1.54, 1.807) is 0 Å². The van der Waals surface area contributed by atoms with Gasteiger partial charge in [-0.15, -0.1) is 0 Å². The first-order valence-electron chi connectivity index (χ1n) is 7.05. The Labute approximate surface area is 123 Å². The minimum Gasteiger partial charge on any atom is -0.354 e. The van der Waals surface area contributed by atoms with Gasteiger partial charge in [0.25, 0.3) is 0 Å². The second-order valence-corrected chi connectivity index (χ2v) is 5.05. The van der Waals surface area contributed by atoms with Crippen LogP contribution >= 0.6 is 0 Å². The van der Waals surface area contributed by atoms with Crippen molar-refractivity contribution in [3.8, 4) is 0 Å². The van der Waals surface area contributed by atoms with Gasteiger partial charge in [-0.2, -0.15) is 4.98 Å². The van der Waals surface area contributed by atoms with Gasteiger partial charge in [0.1, 0.15) is 0 Å². The van der Waals surface area contributed by atoms with Gasteiger partial charge in [0.2, 0.25) is 17.7 Å². The van der Waals surface area contributed by atoms with Crippen molar-refractivity contribution < 1.29 is 14.1 Å². The third-order valence-corrected chi connectivity index (χ3v) is 2.93. The predicted molar refractivity (Wildman–Crippen MR) is 76.2 cm³/mol. The number of hydrogen-bond donors (Lipinski definition) is 3. The molecule has 118 valence electrons. The molecule has 0 aliphatic carbocycles. The summed E-state index contributed by atoms with van der Waals surface area (Å²) < 4.78 is 4.95. The maximum absolute atomic E-state index is 11.6. The SMILES string of the molecule is CCc1nc(CCNC(=O)CNC(=O)[C@@H](N)C(C)C)no1. The van der Waals surface area contributed by atoms with E-state index < -0.39 is 6.04 Å². The second kappa shape index (κ2) is 8.35. The van der Waals surface area contributed by atoms with Crippen molar-refractivity contribution in [2.45, 2.75) is 39.7 Å². The summed E-state index contributed by atoms with van der Waals surface area (Å²) in [6, 6.07) is -0.607. The lowest BCUT2D eigenvalue weighted by Gasteiger charge is -2.15. The summed E-state index contributed by atoms with van der Waals surface area (Å²) in [5.41, 5.74) is 5.67. The van der Waals surface area contributed by atoms with Crippen molar-refractivity contribution in [2.75, 3.05) is 13.1 Å². The van der Waals surface area contributed by atoms with Crippen LogP contribution in [0.15, 0.2) is 4.52 Å². The summed E-state index contributed by atoms with van der Waals surface area (Å²) in [5.74, 6) is 0.549. The second-order valence-electron chi connectivity index (χ2n) is 5.05. The van der Waals surface area contributed by atoms with Crippen LogP contribution in [0.25, 0.3) is 0 Å². The molecule has 0 bridgehead atoms. The minimum absolute atomic E-state index is 0.0269. The first kappa shape index (κ1) is 17.1. The fraction of sp³-hybridized carbons (Fsp3) is 0.692. The zero-order chi connectivity index (χ0) is 15.8. The smallest absolute Gasteiger partial charge is 0.239 e. The molecule has 1 aromatic heterocycles. The molecule has 0 aliphatic rings. The summed E-state index contributed by atoms with van der Waals surface area (Å²) in [5, 5.41) is 8.94. The van der Waals surface area contributed by atoms with E-state index in [2.05, 4.69) is 20.8 Å². The molecular formula is C13H23N5O3. The highest BCUT2D eigenvalue weighted by Gasteiger charge is 2.17. The van der Waals surface area contributed by atoms with Crippen LogP contribution in [0.1, 0.15) is 32.5 Å². The standard InChI is InChI=1S/C13H23N5O3/c1-4-11-17-9(18-21-11)5-6-15-10(19)7-16-13(20)12(14)8(2)3/h8,12H,4-7,14H2,1-3H3,(H,15,19)(H,16,20)/t12-/m0/s1. The number of aryl methyl sites for hydroxylation is 1. The summed E-state index contributed by atoms with van der Waals surface area (Å²) >= 11 is 0. The van der Waals surface area contributed by atoms with E-state index in [0.29, 0.717) is 31.1 Å². The molecule has 0 aliphatic heterocycles. The van der Waals surface area contributed by atoms with Crippen molar-refractivity contribution in [1.82, 2.24) is 20.8 Å². The maximum Gasteiger partial charge on any atom is 0.239 e. The quantitative estimate of drug-likeness (QED) is 0.588. The van der Waals surface area contributed by atoms with Gasteiger partial charge in [-0.05, 0) is 5.92 Å². The van der Waals surface area contributed by atoms with E-state index in [0.717, 1.165) is 0 Å². The van der Waals surface area contributed by atoms with Crippen LogP contribution in [-0.2, 0) is 22.4 Å². The summed E-state index contributed by atoms with van der Waals surface area (Å²) in [7, 11) is 0. The van der Waals surface area contributed by atoms with E-state index in [9.17, 15) is 9.59 Å². The molecule has 0 fully saturated rings. The Kier molecular flexibility index (Phi) is 6.80. The largest absolute Gasteiger partial charge is 0.354 e. The molecule has 0 radical (unpaired) electrons. The number of carbonyl (C=O) groups is 2. The highest BCUT2D eigenvalue weighted by atomic mass is 16.5. The zero-order valence-electron chi connectivity index (χ0n) is 12.7. The van der Waals surface area contributed by atoms with Crippen molar-refractivity contribution in [3.63, 3.8) is 0 Å². The average Bonchev–Trinajstić information content (AvgIpc) is 2.91. The molecule has 0 saturated heterocycles. The number of rotatable bonds is 8. The average molecular weight is 297 g/mol. The van der Waals surface area contributed by atoms with Gasteiger partial charge in [-0.3, -0.25) is 9.59 Å². The molecule has 8 heteroatoms. The molecule has 4 N–H and O–H groups in total. The van der Waals surface area contributed by atoms with Crippen LogP contribution in [0.2, 0.25) is 0 Å². The van der Waals surface area contributed by atoms with E-state index in [4.69, 9.17) is 10.3 Å². The number of aromatic nitrogens is 2. The normalized spacial score (nSPS) is 12.2. The Balaban J connectivity index is 2.21. The molecule has 0 aromatic carbocycles. The van der Waals surface area contributed by atoms with E-state index in [1.165, 1.54) is 0 Å². The van der Waals surface area contributed by atoms with Gasteiger partial charge in [0.05, 0.1) is 12.6 Å². The Bertz CT molecular complexity index is 472. The molecule has 1 atom stereocenters. The summed E-state index contributed by atoms with van der Waals surface area (Å²) in [6.45, 7) is 5.91. The van der Waals surface area contributed by atoms with Crippen molar-refractivity contribution in [1.29, 1.82) is 0 Å². The van der Waals surface area contributed by atoms with Crippen molar-refractivity contribution in [2.24, 2.45) is 11.7 Å². The minimum atomic E-state index is -0.607. The highest BCUT2D eigenvalue weighted by molar-refractivity contribution is 5.87.